The third-order valence-electron chi connectivity index (χ3n) is 4.79. The van der Waals surface area contributed by atoms with Crippen molar-refractivity contribution in [3.05, 3.63) is 65.7 Å². The van der Waals surface area contributed by atoms with E-state index in [2.05, 4.69) is 11.4 Å². The topological polar surface area (TPSA) is 66.5 Å². The van der Waals surface area contributed by atoms with Crippen molar-refractivity contribution in [1.29, 1.82) is 0 Å². The number of hydrogen-bond donors (Lipinski definition) is 1. The molecule has 0 saturated carbocycles. The molecule has 1 N–H and O–H groups in total. The summed E-state index contributed by atoms with van der Waals surface area (Å²) in [5.41, 5.74) is 2.87. The molecule has 1 aliphatic carbocycles. The number of fused-ring (bicyclic) bond motifs is 1. The largest absolute Gasteiger partial charge is 0.347 e. The van der Waals surface area contributed by atoms with Gasteiger partial charge < -0.3 is 5.32 Å². The molecule has 0 spiro atoms. The van der Waals surface area contributed by atoms with Gasteiger partial charge in [0.2, 0.25) is 15.9 Å². The zero-order valence-electron chi connectivity index (χ0n) is 15.1. The molecule has 1 aliphatic rings. The fourth-order valence-corrected chi connectivity index (χ4v) is 4.75. The van der Waals surface area contributed by atoms with Crippen molar-refractivity contribution >= 4 is 21.6 Å². The third-order valence-corrected chi connectivity index (χ3v) is 6.03. The molecule has 2 aromatic carbocycles. The highest BCUT2D eigenvalue weighted by molar-refractivity contribution is 7.92. The lowest BCUT2D eigenvalue weighted by Crippen LogP contribution is -2.49. The number of nitrogens with one attached hydrogen (secondary N) is 1. The van der Waals surface area contributed by atoms with Crippen LogP contribution in [0, 0.1) is 0 Å². The van der Waals surface area contributed by atoms with Crippen molar-refractivity contribution in [1.82, 2.24) is 5.32 Å². The highest BCUT2D eigenvalue weighted by Crippen LogP contribution is 2.30. The average Bonchev–Trinajstić information content (AvgIpc) is 2.62. The molecule has 0 saturated heterocycles. The number of amides is 1. The molecule has 138 valence electrons. The van der Waals surface area contributed by atoms with E-state index in [-0.39, 0.29) is 11.9 Å². The van der Waals surface area contributed by atoms with Gasteiger partial charge in [-0.2, -0.15) is 0 Å². The van der Waals surface area contributed by atoms with Crippen LogP contribution in [-0.4, -0.2) is 26.6 Å². The van der Waals surface area contributed by atoms with E-state index in [4.69, 9.17) is 0 Å². The number of carbonyl (C=O) groups excluding carboxylic acids is 1. The minimum absolute atomic E-state index is 0.0768. The van der Waals surface area contributed by atoms with Crippen LogP contribution in [0.15, 0.2) is 54.6 Å². The fourth-order valence-electron chi connectivity index (χ4n) is 3.58. The Hall–Kier alpha value is -2.34. The minimum Gasteiger partial charge on any atom is -0.347 e. The molecule has 5 nitrogen and oxygen atoms in total. The van der Waals surface area contributed by atoms with Crippen LogP contribution in [0.25, 0.3) is 0 Å². The van der Waals surface area contributed by atoms with Gasteiger partial charge in [0, 0.05) is 0 Å². The molecule has 2 atom stereocenters. The molecule has 3 rings (SSSR count). The summed E-state index contributed by atoms with van der Waals surface area (Å²) in [6, 6.07) is 15.9. The highest BCUT2D eigenvalue weighted by atomic mass is 32.2. The molecule has 0 fully saturated rings. The SMILES string of the molecule is CC(C(=O)NC1CCCc2ccccc21)N(c1ccccc1)S(C)(=O)=O. The van der Waals surface area contributed by atoms with Gasteiger partial charge in [-0.05, 0) is 49.4 Å². The minimum atomic E-state index is -3.59. The maximum Gasteiger partial charge on any atom is 0.244 e. The normalized spacial score (nSPS) is 17.8. The molecule has 0 radical (unpaired) electrons. The Morgan fingerprint density at radius 1 is 1.12 bits per heavy atom. The van der Waals surface area contributed by atoms with Gasteiger partial charge in [0.25, 0.3) is 0 Å². The standard InChI is InChI=1S/C20H24N2O3S/c1-15(22(26(2,24)25)17-11-4-3-5-12-17)20(23)21-19-14-8-10-16-9-6-7-13-18(16)19/h3-7,9,11-13,15,19H,8,10,14H2,1-2H3,(H,21,23). The van der Waals surface area contributed by atoms with Crippen LogP contribution in [0.3, 0.4) is 0 Å². The Balaban J connectivity index is 1.83. The predicted octanol–water partition coefficient (Wildman–Crippen LogP) is 3.03. The van der Waals surface area contributed by atoms with Crippen molar-refractivity contribution < 1.29 is 13.2 Å². The van der Waals surface area contributed by atoms with Gasteiger partial charge in [0.1, 0.15) is 6.04 Å². The summed E-state index contributed by atoms with van der Waals surface area (Å²) in [7, 11) is -3.59. The molecule has 6 heteroatoms. The van der Waals surface area contributed by atoms with Gasteiger partial charge in [-0.25, -0.2) is 8.42 Å². The van der Waals surface area contributed by atoms with Crippen LogP contribution in [0.4, 0.5) is 5.69 Å². The number of benzene rings is 2. The second-order valence-electron chi connectivity index (χ2n) is 6.72. The van der Waals surface area contributed by atoms with E-state index in [0.717, 1.165) is 31.1 Å². The lowest BCUT2D eigenvalue weighted by molar-refractivity contribution is -0.122. The molecule has 26 heavy (non-hydrogen) atoms. The molecule has 0 heterocycles. The van der Waals surface area contributed by atoms with Crippen molar-refractivity contribution in [2.24, 2.45) is 0 Å². The zero-order chi connectivity index (χ0) is 18.7. The summed E-state index contributed by atoms with van der Waals surface area (Å²) < 4.78 is 25.8. The van der Waals surface area contributed by atoms with E-state index < -0.39 is 16.1 Å². The smallest absolute Gasteiger partial charge is 0.244 e. The van der Waals surface area contributed by atoms with Gasteiger partial charge in [0.15, 0.2) is 0 Å². The molecule has 0 aliphatic heterocycles. The molecular formula is C20H24N2O3S. The van der Waals surface area contributed by atoms with Gasteiger partial charge in [0.05, 0.1) is 18.0 Å². The Kier molecular flexibility index (Phi) is 5.32. The molecular weight excluding hydrogens is 348 g/mol. The second-order valence-corrected chi connectivity index (χ2v) is 8.58. The van der Waals surface area contributed by atoms with Crippen molar-refractivity contribution in [2.75, 3.05) is 10.6 Å². The van der Waals surface area contributed by atoms with E-state index in [9.17, 15) is 13.2 Å². The Bertz CT molecular complexity index is 881. The molecule has 2 aromatic rings. The van der Waals surface area contributed by atoms with Crippen molar-refractivity contribution in [3.63, 3.8) is 0 Å². The van der Waals surface area contributed by atoms with Gasteiger partial charge in [-0.1, -0.05) is 42.5 Å². The van der Waals surface area contributed by atoms with E-state index in [0.29, 0.717) is 5.69 Å². The summed E-state index contributed by atoms with van der Waals surface area (Å²) in [5, 5.41) is 3.05. The number of aryl methyl sites for hydroxylation is 1. The van der Waals surface area contributed by atoms with E-state index in [1.807, 2.05) is 24.3 Å². The number of hydrogen-bond acceptors (Lipinski definition) is 3. The Morgan fingerprint density at radius 2 is 1.77 bits per heavy atom. The number of carbonyl (C=O) groups is 1. The lowest BCUT2D eigenvalue weighted by atomic mass is 9.87. The zero-order valence-corrected chi connectivity index (χ0v) is 15.9. The monoisotopic (exact) mass is 372 g/mol. The van der Waals surface area contributed by atoms with Gasteiger partial charge >= 0.3 is 0 Å². The molecule has 0 bridgehead atoms. The van der Waals surface area contributed by atoms with Crippen LogP contribution in [0.2, 0.25) is 0 Å². The first-order valence-electron chi connectivity index (χ1n) is 8.80. The molecule has 2 unspecified atom stereocenters. The van der Waals surface area contributed by atoms with Crippen LogP contribution in [0.5, 0.6) is 0 Å². The summed E-state index contributed by atoms with van der Waals surface area (Å²) in [5.74, 6) is -0.291. The highest BCUT2D eigenvalue weighted by Gasteiger charge is 2.31. The number of para-hydroxylation sites is 1. The summed E-state index contributed by atoms with van der Waals surface area (Å²) in [6.07, 6.45) is 4.00. The van der Waals surface area contributed by atoms with Crippen LogP contribution >= 0.6 is 0 Å². The second kappa shape index (κ2) is 7.50. The Morgan fingerprint density at radius 3 is 2.46 bits per heavy atom. The number of sulfonamides is 1. The average molecular weight is 372 g/mol. The van der Waals surface area contributed by atoms with Gasteiger partial charge in [-0.15, -0.1) is 0 Å². The first kappa shape index (κ1) is 18.5. The van der Waals surface area contributed by atoms with Crippen molar-refractivity contribution in [2.45, 2.75) is 38.3 Å². The third kappa shape index (κ3) is 3.90. The van der Waals surface area contributed by atoms with E-state index in [1.165, 1.54) is 9.87 Å². The molecule has 0 aromatic heterocycles. The summed E-state index contributed by atoms with van der Waals surface area (Å²) in [4.78, 5) is 12.9. The van der Waals surface area contributed by atoms with Crippen LogP contribution in [-0.2, 0) is 21.2 Å². The molecule has 1 amide bonds. The fraction of sp³-hybridized carbons (Fsp3) is 0.350. The van der Waals surface area contributed by atoms with Crippen LogP contribution in [0.1, 0.15) is 36.9 Å². The number of nitrogens with zero attached hydrogens (tertiary/aromatic N) is 1. The van der Waals surface area contributed by atoms with E-state index >= 15 is 0 Å². The van der Waals surface area contributed by atoms with Gasteiger partial charge in [-0.3, -0.25) is 9.10 Å². The predicted molar refractivity (Wildman–Crippen MR) is 103 cm³/mol. The number of anilines is 1. The Labute approximate surface area is 155 Å². The van der Waals surface area contributed by atoms with Crippen LogP contribution < -0.4 is 9.62 Å². The summed E-state index contributed by atoms with van der Waals surface area (Å²) >= 11 is 0. The van der Waals surface area contributed by atoms with Crippen molar-refractivity contribution in [3.8, 4) is 0 Å². The summed E-state index contributed by atoms with van der Waals surface area (Å²) in [6.45, 7) is 1.62. The first-order valence-corrected chi connectivity index (χ1v) is 10.7. The maximum atomic E-state index is 12.9. The maximum absolute atomic E-state index is 12.9. The number of rotatable bonds is 5. The quantitative estimate of drug-likeness (QED) is 0.877. The first-order chi connectivity index (χ1) is 12.4. The van der Waals surface area contributed by atoms with E-state index in [1.54, 1.807) is 31.2 Å². The lowest BCUT2D eigenvalue weighted by Gasteiger charge is -2.31.